The van der Waals surface area contributed by atoms with Gasteiger partial charge >= 0.3 is 0 Å². The molecule has 0 bridgehead atoms. The largest absolute Gasteiger partial charge is 0.497 e. The maximum absolute atomic E-state index is 12.6. The molecule has 0 aliphatic carbocycles. The van der Waals surface area contributed by atoms with E-state index in [0.717, 1.165) is 16.7 Å². The highest BCUT2D eigenvalue weighted by Gasteiger charge is 2.21. The molecule has 0 spiro atoms. The van der Waals surface area contributed by atoms with Crippen molar-refractivity contribution >= 4 is 28.1 Å². The minimum Gasteiger partial charge on any atom is -0.497 e. The molecule has 0 aliphatic heterocycles. The predicted molar refractivity (Wildman–Crippen MR) is 94.2 cm³/mol. The van der Waals surface area contributed by atoms with Crippen molar-refractivity contribution in [1.82, 2.24) is 10.3 Å². The van der Waals surface area contributed by atoms with E-state index in [-0.39, 0.29) is 11.9 Å². The Kier molecular flexibility index (Phi) is 4.39. The molecule has 0 fully saturated rings. The van der Waals surface area contributed by atoms with E-state index >= 15 is 0 Å². The van der Waals surface area contributed by atoms with Crippen molar-refractivity contribution in [2.24, 2.45) is 5.92 Å². The average Bonchev–Trinajstić information content (AvgIpc) is 3.20. The number of H-pyrrole nitrogens is 1. The summed E-state index contributed by atoms with van der Waals surface area (Å²) < 4.78 is 5.22. The number of ether oxygens (including phenoxy) is 1. The Hall–Kier alpha value is -2.27. The Labute approximate surface area is 139 Å². The van der Waals surface area contributed by atoms with Gasteiger partial charge in [-0.25, -0.2) is 0 Å². The van der Waals surface area contributed by atoms with Crippen molar-refractivity contribution in [3.63, 3.8) is 0 Å². The molecule has 3 rings (SSSR count). The molecule has 2 heterocycles. The summed E-state index contributed by atoms with van der Waals surface area (Å²) >= 11 is 1.67. The van der Waals surface area contributed by atoms with Crippen molar-refractivity contribution in [2.75, 3.05) is 7.11 Å². The number of methoxy groups -OCH3 is 1. The molecule has 5 heteroatoms. The van der Waals surface area contributed by atoms with Crippen LogP contribution in [0.5, 0.6) is 5.75 Å². The molecule has 1 aromatic carbocycles. The Morgan fingerprint density at radius 2 is 2.09 bits per heavy atom. The van der Waals surface area contributed by atoms with Crippen LogP contribution in [0.1, 0.15) is 35.3 Å². The molecule has 2 aromatic heterocycles. The third-order valence-electron chi connectivity index (χ3n) is 3.88. The van der Waals surface area contributed by atoms with Crippen LogP contribution in [-0.4, -0.2) is 18.0 Å². The number of hydrogen-bond acceptors (Lipinski definition) is 3. The zero-order valence-electron chi connectivity index (χ0n) is 13.4. The third kappa shape index (κ3) is 3.24. The smallest absolute Gasteiger partial charge is 0.268 e. The Morgan fingerprint density at radius 3 is 2.74 bits per heavy atom. The number of nitrogens with one attached hydrogen (secondary N) is 2. The van der Waals surface area contributed by atoms with E-state index in [1.807, 2.05) is 35.7 Å². The molecule has 0 unspecified atom stereocenters. The second-order valence-corrected chi connectivity index (χ2v) is 6.83. The Balaban J connectivity index is 1.84. The van der Waals surface area contributed by atoms with Crippen molar-refractivity contribution < 1.29 is 9.53 Å². The van der Waals surface area contributed by atoms with Gasteiger partial charge in [0.25, 0.3) is 5.91 Å². The van der Waals surface area contributed by atoms with Gasteiger partial charge in [-0.2, -0.15) is 0 Å². The first-order chi connectivity index (χ1) is 11.1. The van der Waals surface area contributed by atoms with E-state index in [9.17, 15) is 4.79 Å². The lowest BCUT2D eigenvalue weighted by molar-refractivity contribution is 0.0922. The van der Waals surface area contributed by atoms with Crippen LogP contribution in [0.4, 0.5) is 0 Å². The minimum absolute atomic E-state index is 0.0171. The molecule has 23 heavy (non-hydrogen) atoms. The van der Waals surface area contributed by atoms with Crippen molar-refractivity contribution in [2.45, 2.75) is 19.9 Å². The van der Waals surface area contributed by atoms with Gasteiger partial charge in [-0.05, 0) is 35.6 Å². The monoisotopic (exact) mass is 328 g/mol. The summed E-state index contributed by atoms with van der Waals surface area (Å²) in [6.45, 7) is 4.22. The number of aromatic amines is 1. The standard InChI is InChI=1S/C18H20N2O2S/c1-11(2)17(16-5-4-8-23-16)20-18(21)15-9-12-6-7-13(22-3)10-14(12)19-15/h4-11,17,19H,1-3H3,(H,20,21)/t17-/m0/s1. The number of hydrogen-bond donors (Lipinski definition) is 2. The van der Waals surface area contributed by atoms with Crippen molar-refractivity contribution in [1.29, 1.82) is 0 Å². The van der Waals surface area contributed by atoms with Crippen LogP contribution < -0.4 is 10.1 Å². The van der Waals surface area contributed by atoms with Gasteiger partial charge in [0.05, 0.1) is 13.2 Å². The number of rotatable bonds is 5. The molecule has 2 N–H and O–H groups in total. The predicted octanol–water partition coefficient (Wildman–Crippen LogP) is 4.37. The van der Waals surface area contributed by atoms with Gasteiger partial charge in [0.1, 0.15) is 11.4 Å². The van der Waals surface area contributed by atoms with Crippen LogP contribution in [0.15, 0.2) is 41.8 Å². The quantitative estimate of drug-likeness (QED) is 0.731. The normalized spacial score (nSPS) is 12.5. The van der Waals surface area contributed by atoms with Gasteiger partial charge in [-0.15, -0.1) is 11.3 Å². The van der Waals surface area contributed by atoms with Crippen molar-refractivity contribution in [3.8, 4) is 5.75 Å². The van der Waals surface area contributed by atoms with Gasteiger partial charge in [0, 0.05) is 21.8 Å². The Morgan fingerprint density at radius 1 is 1.26 bits per heavy atom. The molecule has 1 atom stereocenters. The van der Waals surface area contributed by atoms with E-state index in [1.54, 1.807) is 18.4 Å². The summed E-state index contributed by atoms with van der Waals surface area (Å²) in [7, 11) is 1.63. The van der Waals surface area contributed by atoms with Gasteiger partial charge in [0.15, 0.2) is 0 Å². The molecule has 0 saturated carbocycles. The first kappa shape index (κ1) is 15.6. The molecule has 0 radical (unpaired) electrons. The summed E-state index contributed by atoms with van der Waals surface area (Å²) in [5, 5.41) is 6.16. The van der Waals surface area contributed by atoms with E-state index in [2.05, 4.69) is 30.2 Å². The Bertz CT molecular complexity index is 806. The zero-order chi connectivity index (χ0) is 16.4. The number of thiophene rings is 1. The lowest BCUT2D eigenvalue weighted by Gasteiger charge is -2.20. The van der Waals surface area contributed by atoms with Crippen LogP contribution >= 0.6 is 11.3 Å². The minimum atomic E-state index is -0.0905. The summed E-state index contributed by atoms with van der Waals surface area (Å²) in [5.41, 5.74) is 1.46. The second-order valence-electron chi connectivity index (χ2n) is 5.85. The highest BCUT2D eigenvalue weighted by Crippen LogP contribution is 2.27. The van der Waals surface area contributed by atoms with E-state index in [1.165, 1.54) is 4.88 Å². The molecule has 3 aromatic rings. The summed E-state index contributed by atoms with van der Waals surface area (Å²) in [6.07, 6.45) is 0. The summed E-state index contributed by atoms with van der Waals surface area (Å²) in [5.74, 6) is 0.999. The van der Waals surface area contributed by atoms with Crippen LogP contribution in [0.3, 0.4) is 0 Å². The first-order valence-corrected chi connectivity index (χ1v) is 8.47. The molecular formula is C18H20N2O2S. The molecule has 1 amide bonds. The lowest BCUT2D eigenvalue weighted by Crippen LogP contribution is -2.31. The van der Waals surface area contributed by atoms with Crippen LogP contribution in [-0.2, 0) is 0 Å². The fraction of sp³-hybridized carbons (Fsp3) is 0.278. The van der Waals surface area contributed by atoms with E-state index in [4.69, 9.17) is 4.74 Å². The fourth-order valence-corrected chi connectivity index (χ4v) is 3.56. The zero-order valence-corrected chi connectivity index (χ0v) is 14.2. The molecule has 0 saturated heterocycles. The van der Waals surface area contributed by atoms with Crippen LogP contribution in [0, 0.1) is 5.92 Å². The van der Waals surface area contributed by atoms with Crippen LogP contribution in [0.25, 0.3) is 10.9 Å². The van der Waals surface area contributed by atoms with Gasteiger partial charge in [-0.3, -0.25) is 4.79 Å². The van der Waals surface area contributed by atoms with Gasteiger partial charge in [-0.1, -0.05) is 19.9 Å². The second kappa shape index (κ2) is 6.46. The molecule has 120 valence electrons. The maximum atomic E-state index is 12.6. The topological polar surface area (TPSA) is 54.1 Å². The van der Waals surface area contributed by atoms with Gasteiger partial charge in [0.2, 0.25) is 0 Å². The molecular weight excluding hydrogens is 308 g/mol. The fourth-order valence-electron chi connectivity index (χ4n) is 2.61. The number of amides is 1. The number of aromatic nitrogens is 1. The van der Waals surface area contributed by atoms with E-state index in [0.29, 0.717) is 11.6 Å². The third-order valence-corrected chi connectivity index (χ3v) is 4.83. The van der Waals surface area contributed by atoms with Crippen LogP contribution in [0.2, 0.25) is 0 Å². The van der Waals surface area contributed by atoms with E-state index < -0.39 is 0 Å². The average molecular weight is 328 g/mol. The van der Waals surface area contributed by atoms with Gasteiger partial charge < -0.3 is 15.0 Å². The number of carbonyl (C=O) groups is 1. The lowest BCUT2D eigenvalue weighted by atomic mass is 10.0. The molecule has 4 nitrogen and oxygen atoms in total. The SMILES string of the molecule is COc1ccc2cc(C(=O)N[C@H](c3cccs3)C(C)C)[nH]c2c1. The summed E-state index contributed by atoms with van der Waals surface area (Å²) in [6, 6.07) is 11.7. The number of benzene rings is 1. The maximum Gasteiger partial charge on any atom is 0.268 e. The molecule has 0 aliphatic rings. The van der Waals surface area contributed by atoms with Crippen molar-refractivity contribution in [3.05, 3.63) is 52.3 Å². The highest BCUT2D eigenvalue weighted by atomic mass is 32.1. The number of fused-ring (bicyclic) bond motifs is 1. The highest BCUT2D eigenvalue weighted by molar-refractivity contribution is 7.10. The number of carbonyl (C=O) groups excluding carboxylic acids is 1. The summed E-state index contributed by atoms with van der Waals surface area (Å²) in [4.78, 5) is 17.0. The first-order valence-electron chi connectivity index (χ1n) is 7.59.